The van der Waals surface area contributed by atoms with Crippen LogP contribution in [0.1, 0.15) is 10.5 Å². The van der Waals surface area contributed by atoms with Gasteiger partial charge < -0.3 is 11.1 Å². The van der Waals surface area contributed by atoms with Crippen molar-refractivity contribution in [3.8, 4) is 0 Å². The summed E-state index contributed by atoms with van der Waals surface area (Å²) >= 11 is 1.05. The third-order valence-corrected chi connectivity index (χ3v) is 2.34. The fraction of sp³-hybridized carbons (Fsp3) is 0. The van der Waals surface area contributed by atoms with Gasteiger partial charge in [-0.15, -0.1) is 5.10 Å². The molecule has 0 aliphatic rings. The van der Waals surface area contributed by atoms with Crippen LogP contribution in [0.4, 0.5) is 15.8 Å². The van der Waals surface area contributed by atoms with Crippen LogP contribution in [0.2, 0.25) is 0 Å². The van der Waals surface area contributed by atoms with E-state index in [1.54, 1.807) is 0 Å². The molecule has 82 valence electrons. The lowest BCUT2D eigenvalue weighted by molar-refractivity contribution is 0.102. The average molecular weight is 238 g/mol. The number of nitrogens with zero attached hydrogens (tertiary/aromatic N) is 2. The minimum absolute atomic E-state index is 0.0259. The number of anilines is 2. The fourth-order valence-electron chi connectivity index (χ4n) is 1.09. The van der Waals surface area contributed by atoms with E-state index < -0.39 is 11.7 Å². The predicted molar refractivity (Wildman–Crippen MR) is 58.7 cm³/mol. The lowest BCUT2D eigenvalue weighted by Gasteiger charge is -2.05. The Morgan fingerprint density at radius 2 is 2.31 bits per heavy atom. The number of benzene rings is 1. The van der Waals surface area contributed by atoms with Crippen LogP contribution in [-0.4, -0.2) is 15.5 Å². The van der Waals surface area contributed by atoms with Gasteiger partial charge >= 0.3 is 0 Å². The second-order valence-corrected chi connectivity index (χ2v) is 3.59. The van der Waals surface area contributed by atoms with Crippen molar-refractivity contribution in [3.63, 3.8) is 0 Å². The summed E-state index contributed by atoms with van der Waals surface area (Å²) in [4.78, 5) is 11.5. The summed E-state index contributed by atoms with van der Waals surface area (Å²) in [5.41, 5.74) is 6.02. The van der Waals surface area contributed by atoms with Gasteiger partial charge in [-0.3, -0.25) is 4.79 Å². The van der Waals surface area contributed by atoms with Crippen LogP contribution in [0, 0.1) is 5.82 Å². The summed E-state index contributed by atoms with van der Waals surface area (Å²) < 4.78 is 16.8. The molecule has 2 rings (SSSR count). The second kappa shape index (κ2) is 4.23. The maximum Gasteiger partial charge on any atom is 0.277 e. The van der Waals surface area contributed by atoms with Gasteiger partial charge in [-0.2, -0.15) is 0 Å². The molecule has 1 aromatic carbocycles. The highest BCUT2D eigenvalue weighted by Gasteiger charge is 2.11. The number of hydrogen-bond acceptors (Lipinski definition) is 5. The van der Waals surface area contributed by atoms with Gasteiger partial charge in [-0.1, -0.05) is 4.49 Å². The molecule has 0 fully saturated rings. The number of carbonyl (C=O) groups excluding carboxylic acids is 1. The summed E-state index contributed by atoms with van der Waals surface area (Å²) in [5, 5.41) is 7.40. The summed E-state index contributed by atoms with van der Waals surface area (Å²) in [5.74, 6) is -1.07. The standard InChI is InChI=1S/C9H7FN4OS/c10-6-2-1-5(11)3-7(6)12-9(15)8-4-16-14-13-8/h1-4H,11H2,(H,12,15). The van der Waals surface area contributed by atoms with Crippen molar-refractivity contribution in [2.45, 2.75) is 0 Å². The molecular formula is C9H7FN4OS. The molecular weight excluding hydrogens is 231 g/mol. The number of amides is 1. The minimum Gasteiger partial charge on any atom is -0.399 e. The van der Waals surface area contributed by atoms with Gasteiger partial charge in [0.2, 0.25) is 0 Å². The fourth-order valence-corrected chi connectivity index (χ4v) is 1.52. The number of hydrogen-bond donors (Lipinski definition) is 2. The first-order valence-electron chi connectivity index (χ1n) is 4.30. The van der Waals surface area contributed by atoms with Gasteiger partial charge in [0.25, 0.3) is 5.91 Å². The molecule has 5 nitrogen and oxygen atoms in total. The molecule has 1 aromatic heterocycles. The Morgan fingerprint density at radius 1 is 1.50 bits per heavy atom. The maximum atomic E-state index is 13.3. The highest BCUT2D eigenvalue weighted by molar-refractivity contribution is 7.03. The number of aromatic nitrogens is 2. The molecule has 3 N–H and O–H groups in total. The summed E-state index contributed by atoms with van der Waals surface area (Å²) in [6, 6.07) is 3.94. The molecule has 0 saturated heterocycles. The highest BCUT2D eigenvalue weighted by atomic mass is 32.1. The number of nitrogens with two attached hydrogens (primary N) is 1. The van der Waals surface area contributed by atoms with Crippen molar-refractivity contribution >= 4 is 28.8 Å². The zero-order valence-electron chi connectivity index (χ0n) is 7.98. The molecule has 16 heavy (non-hydrogen) atoms. The third kappa shape index (κ3) is 2.14. The maximum absolute atomic E-state index is 13.3. The number of nitrogens with one attached hydrogen (secondary N) is 1. The minimum atomic E-state index is -0.550. The number of nitrogen functional groups attached to an aromatic ring is 1. The van der Waals surface area contributed by atoms with E-state index in [2.05, 4.69) is 14.9 Å². The Balaban J connectivity index is 2.21. The Morgan fingerprint density at radius 3 is 3.00 bits per heavy atom. The molecule has 7 heteroatoms. The topological polar surface area (TPSA) is 80.9 Å². The molecule has 1 heterocycles. The quantitative estimate of drug-likeness (QED) is 0.777. The molecule has 2 aromatic rings. The van der Waals surface area contributed by atoms with E-state index in [1.165, 1.54) is 23.6 Å². The Bertz CT molecular complexity index is 514. The Kier molecular flexibility index (Phi) is 2.78. The SMILES string of the molecule is Nc1ccc(F)c(NC(=O)c2csnn2)c1. The first-order chi connectivity index (χ1) is 7.66. The van der Waals surface area contributed by atoms with E-state index in [4.69, 9.17) is 5.73 Å². The van der Waals surface area contributed by atoms with E-state index in [1.807, 2.05) is 0 Å². The summed E-state index contributed by atoms with van der Waals surface area (Å²) in [7, 11) is 0. The summed E-state index contributed by atoms with van der Waals surface area (Å²) in [6.07, 6.45) is 0. The molecule has 0 bridgehead atoms. The molecule has 1 amide bonds. The number of rotatable bonds is 2. The van der Waals surface area contributed by atoms with Crippen molar-refractivity contribution in [1.29, 1.82) is 0 Å². The Hall–Kier alpha value is -2.02. The molecule has 0 aliphatic carbocycles. The lowest BCUT2D eigenvalue weighted by Crippen LogP contribution is -2.13. The van der Waals surface area contributed by atoms with Crippen molar-refractivity contribution in [2.75, 3.05) is 11.1 Å². The van der Waals surface area contributed by atoms with E-state index in [9.17, 15) is 9.18 Å². The van der Waals surface area contributed by atoms with Crippen LogP contribution < -0.4 is 11.1 Å². The van der Waals surface area contributed by atoms with Gasteiger partial charge in [0, 0.05) is 11.1 Å². The lowest BCUT2D eigenvalue weighted by atomic mass is 10.2. The zero-order valence-corrected chi connectivity index (χ0v) is 8.79. The van der Waals surface area contributed by atoms with E-state index in [-0.39, 0.29) is 11.4 Å². The van der Waals surface area contributed by atoms with Crippen LogP contribution in [0.3, 0.4) is 0 Å². The van der Waals surface area contributed by atoms with Gasteiger partial charge in [0.1, 0.15) is 5.82 Å². The van der Waals surface area contributed by atoms with E-state index in [0.717, 1.165) is 11.5 Å². The number of halogens is 1. The van der Waals surface area contributed by atoms with Crippen molar-refractivity contribution in [2.24, 2.45) is 0 Å². The first-order valence-corrected chi connectivity index (χ1v) is 5.14. The molecule has 0 radical (unpaired) electrons. The van der Waals surface area contributed by atoms with Crippen LogP contribution in [0.5, 0.6) is 0 Å². The Labute approximate surface area is 94.3 Å². The van der Waals surface area contributed by atoms with Crippen molar-refractivity contribution in [3.05, 3.63) is 35.1 Å². The molecule has 0 aliphatic heterocycles. The second-order valence-electron chi connectivity index (χ2n) is 2.98. The summed E-state index contributed by atoms with van der Waals surface area (Å²) in [6.45, 7) is 0. The van der Waals surface area contributed by atoms with Crippen LogP contribution in [0.25, 0.3) is 0 Å². The molecule has 0 saturated carbocycles. The third-order valence-electron chi connectivity index (χ3n) is 1.83. The predicted octanol–water partition coefficient (Wildman–Crippen LogP) is 1.51. The van der Waals surface area contributed by atoms with E-state index >= 15 is 0 Å². The van der Waals surface area contributed by atoms with Crippen molar-refractivity contribution < 1.29 is 9.18 Å². The molecule has 0 unspecified atom stereocenters. The molecule has 0 atom stereocenters. The zero-order chi connectivity index (χ0) is 11.5. The van der Waals surface area contributed by atoms with Crippen LogP contribution in [0.15, 0.2) is 23.6 Å². The van der Waals surface area contributed by atoms with Crippen LogP contribution >= 0.6 is 11.5 Å². The van der Waals surface area contributed by atoms with E-state index in [0.29, 0.717) is 5.69 Å². The monoisotopic (exact) mass is 238 g/mol. The van der Waals surface area contributed by atoms with Gasteiger partial charge in [-0.25, -0.2) is 4.39 Å². The van der Waals surface area contributed by atoms with Crippen LogP contribution in [-0.2, 0) is 0 Å². The first kappa shape index (κ1) is 10.5. The number of carbonyl (C=O) groups is 1. The van der Waals surface area contributed by atoms with Gasteiger partial charge in [0.15, 0.2) is 5.69 Å². The largest absolute Gasteiger partial charge is 0.399 e. The molecule has 0 spiro atoms. The van der Waals surface area contributed by atoms with Gasteiger partial charge in [0.05, 0.1) is 5.69 Å². The van der Waals surface area contributed by atoms with Crippen molar-refractivity contribution in [1.82, 2.24) is 9.59 Å². The average Bonchev–Trinajstić information content (AvgIpc) is 2.76. The highest BCUT2D eigenvalue weighted by Crippen LogP contribution is 2.18. The smallest absolute Gasteiger partial charge is 0.277 e. The normalized spacial score (nSPS) is 10.1. The van der Waals surface area contributed by atoms with Gasteiger partial charge in [-0.05, 0) is 29.7 Å².